The molecule has 2 fully saturated rings. The molecule has 0 radical (unpaired) electrons. The summed E-state index contributed by atoms with van der Waals surface area (Å²) >= 11 is 5.74. The fourth-order valence-electron chi connectivity index (χ4n) is 4.47. The molecule has 1 saturated heterocycles. The first-order valence-electron chi connectivity index (χ1n) is 9.94. The molecule has 4 nitrogen and oxygen atoms in total. The lowest BCUT2D eigenvalue weighted by molar-refractivity contribution is 0.292. The molecule has 26 heavy (non-hydrogen) atoms. The molecule has 1 N–H and O–H groups in total. The predicted molar refractivity (Wildman–Crippen MR) is 109 cm³/mol. The molecule has 2 unspecified atom stereocenters. The Labute approximate surface area is 161 Å². The van der Waals surface area contributed by atoms with Crippen molar-refractivity contribution in [2.24, 2.45) is 0 Å². The van der Waals surface area contributed by atoms with E-state index in [-0.39, 0.29) is 12.1 Å². The molecule has 138 valence electrons. The second-order valence-electron chi connectivity index (χ2n) is 7.45. The molecule has 3 heterocycles. The van der Waals surface area contributed by atoms with Gasteiger partial charge in [0.15, 0.2) is 5.11 Å². The zero-order valence-electron chi connectivity index (χ0n) is 15.5. The second kappa shape index (κ2) is 7.78. The van der Waals surface area contributed by atoms with E-state index in [1.54, 1.807) is 0 Å². The van der Waals surface area contributed by atoms with Gasteiger partial charge in [-0.2, -0.15) is 0 Å². The van der Waals surface area contributed by atoms with Gasteiger partial charge in [0.05, 0.1) is 17.8 Å². The smallest absolute Gasteiger partial charge is 0.170 e. The van der Waals surface area contributed by atoms with E-state index in [9.17, 15) is 0 Å². The van der Waals surface area contributed by atoms with Gasteiger partial charge in [0, 0.05) is 30.7 Å². The van der Waals surface area contributed by atoms with Gasteiger partial charge in [-0.15, -0.1) is 0 Å². The second-order valence-corrected chi connectivity index (χ2v) is 7.84. The number of aromatic nitrogens is 2. The molecule has 0 bridgehead atoms. The molecule has 2 atom stereocenters. The number of nitrogens with one attached hydrogen (secondary N) is 1. The monoisotopic (exact) mass is 368 g/mol. The average Bonchev–Trinajstić information content (AvgIpc) is 3.40. The highest BCUT2D eigenvalue weighted by Gasteiger charge is 2.41. The van der Waals surface area contributed by atoms with E-state index in [4.69, 9.17) is 12.2 Å². The van der Waals surface area contributed by atoms with Crippen LogP contribution in [0.5, 0.6) is 0 Å². The maximum Gasteiger partial charge on any atom is 0.170 e. The van der Waals surface area contributed by atoms with Crippen LogP contribution in [-0.4, -0.2) is 26.1 Å². The van der Waals surface area contributed by atoms with Crippen LogP contribution in [0.25, 0.3) is 0 Å². The van der Waals surface area contributed by atoms with Crippen molar-refractivity contribution >= 4 is 17.3 Å². The first kappa shape index (κ1) is 17.5. The molecule has 2 aromatic heterocycles. The molecule has 4 rings (SSSR count). The van der Waals surface area contributed by atoms with Gasteiger partial charge in [-0.05, 0) is 55.7 Å². The Hall–Kier alpha value is -1.88. The van der Waals surface area contributed by atoms with E-state index >= 15 is 0 Å². The molecule has 5 heteroatoms. The van der Waals surface area contributed by atoms with Gasteiger partial charge < -0.3 is 14.8 Å². The van der Waals surface area contributed by atoms with Crippen molar-refractivity contribution < 1.29 is 0 Å². The lowest BCUT2D eigenvalue weighted by atomic mass is 10.0. The van der Waals surface area contributed by atoms with Crippen molar-refractivity contribution in [2.75, 3.05) is 6.54 Å². The molecule has 0 aromatic carbocycles. The first-order valence-corrected chi connectivity index (χ1v) is 10.3. The Morgan fingerprint density at radius 1 is 1.19 bits per heavy atom. The molecule has 0 spiro atoms. The van der Waals surface area contributed by atoms with Crippen molar-refractivity contribution in [3.05, 3.63) is 54.1 Å². The van der Waals surface area contributed by atoms with Crippen LogP contribution in [0.2, 0.25) is 0 Å². The van der Waals surface area contributed by atoms with E-state index in [2.05, 4.69) is 57.2 Å². The van der Waals surface area contributed by atoms with Crippen molar-refractivity contribution in [3.63, 3.8) is 0 Å². The lowest BCUT2D eigenvalue weighted by Gasteiger charge is -2.30. The number of rotatable bonds is 6. The van der Waals surface area contributed by atoms with E-state index < -0.39 is 0 Å². The van der Waals surface area contributed by atoms with E-state index in [1.807, 2.05) is 12.3 Å². The molecule has 1 aliphatic carbocycles. The Morgan fingerprint density at radius 3 is 2.77 bits per heavy atom. The highest BCUT2D eigenvalue weighted by molar-refractivity contribution is 7.80. The summed E-state index contributed by atoms with van der Waals surface area (Å²) in [7, 11) is 0. The van der Waals surface area contributed by atoms with E-state index in [0.29, 0.717) is 6.04 Å². The van der Waals surface area contributed by atoms with Gasteiger partial charge >= 0.3 is 0 Å². The van der Waals surface area contributed by atoms with Crippen LogP contribution in [0.1, 0.15) is 75.0 Å². The molecule has 1 aliphatic heterocycles. The van der Waals surface area contributed by atoms with Crippen LogP contribution >= 0.6 is 12.2 Å². The maximum atomic E-state index is 5.74. The molecule has 1 saturated carbocycles. The largest absolute Gasteiger partial charge is 0.352 e. The average molecular weight is 369 g/mol. The summed E-state index contributed by atoms with van der Waals surface area (Å²) < 4.78 is 2.52. The molecule has 2 aliphatic rings. The summed E-state index contributed by atoms with van der Waals surface area (Å²) in [6.07, 6.45) is 11.7. The van der Waals surface area contributed by atoms with Crippen molar-refractivity contribution in [1.29, 1.82) is 0 Å². The van der Waals surface area contributed by atoms with Crippen LogP contribution in [-0.2, 0) is 0 Å². The summed E-state index contributed by atoms with van der Waals surface area (Å²) in [5, 5.41) is 4.43. The fourth-order valence-corrected chi connectivity index (χ4v) is 4.80. The number of thiocarbonyl (C=S) groups is 1. The van der Waals surface area contributed by atoms with Gasteiger partial charge in [-0.1, -0.05) is 32.3 Å². The van der Waals surface area contributed by atoms with Gasteiger partial charge in [0.1, 0.15) is 0 Å². The number of pyridine rings is 1. The third kappa shape index (κ3) is 3.25. The summed E-state index contributed by atoms with van der Waals surface area (Å²) in [5.41, 5.74) is 2.44. The zero-order chi connectivity index (χ0) is 17.9. The van der Waals surface area contributed by atoms with Gasteiger partial charge in [0.2, 0.25) is 0 Å². The Bertz CT molecular complexity index is 735. The summed E-state index contributed by atoms with van der Waals surface area (Å²) in [6, 6.07) is 11.6. The number of hydrogen-bond donors (Lipinski definition) is 1. The topological polar surface area (TPSA) is 33.1 Å². The summed E-state index contributed by atoms with van der Waals surface area (Å²) in [4.78, 5) is 7.03. The Kier molecular flexibility index (Phi) is 5.25. The van der Waals surface area contributed by atoms with Crippen LogP contribution in [0, 0.1) is 0 Å². The van der Waals surface area contributed by atoms with Crippen LogP contribution < -0.4 is 5.32 Å². The lowest BCUT2D eigenvalue weighted by Crippen LogP contribution is -2.31. The van der Waals surface area contributed by atoms with Gasteiger partial charge in [-0.25, -0.2) is 0 Å². The third-order valence-corrected chi connectivity index (χ3v) is 6.14. The van der Waals surface area contributed by atoms with Crippen LogP contribution in [0.15, 0.2) is 42.7 Å². The number of unbranched alkanes of at least 4 members (excludes halogenated alkanes) is 1. The predicted octanol–water partition coefficient (Wildman–Crippen LogP) is 4.77. The third-order valence-electron chi connectivity index (χ3n) is 5.78. The summed E-state index contributed by atoms with van der Waals surface area (Å²) in [6.45, 7) is 3.23. The van der Waals surface area contributed by atoms with Gasteiger partial charge in [0.25, 0.3) is 0 Å². The molecular formula is C21H28N4S. The van der Waals surface area contributed by atoms with Crippen molar-refractivity contribution in [2.45, 2.75) is 63.6 Å². The summed E-state index contributed by atoms with van der Waals surface area (Å²) in [5.74, 6) is 0. The van der Waals surface area contributed by atoms with Crippen molar-refractivity contribution in [3.8, 4) is 0 Å². The van der Waals surface area contributed by atoms with E-state index in [1.165, 1.54) is 37.8 Å². The standard InChI is InChI=1S/C21H28N4S/c1-2-3-14-25-20(18-12-8-15-24(18)16-9-4-5-10-16)19(23-21(25)26)17-11-6-7-13-22-17/h6-8,11-13,15-16,19-20H,2-5,9-10,14H2,1H3,(H,23,26). The van der Waals surface area contributed by atoms with E-state index in [0.717, 1.165) is 23.8 Å². The Morgan fingerprint density at radius 2 is 2.04 bits per heavy atom. The maximum absolute atomic E-state index is 5.74. The zero-order valence-corrected chi connectivity index (χ0v) is 16.3. The fraction of sp³-hybridized carbons (Fsp3) is 0.524. The first-order chi connectivity index (χ1) is 12.8. The molecule has 2 aromatic rings. The number of hydrogen-bond acceptors (Lipinski definition) is 2. The van der Waals surface area contributed by atoms with Gasteiger partial charge in [-0.3, -0.25) is 4.98 Å². The minimum Gasteiger partial charge on any atom is -0.352 e. The quantitative estimate of drug-likeness (QED) is 0.745. The highest BCUT2D eigenvalue weighted by atomic mass is 32.1. The molecule has 0 amide bonds. The van der Waals surface area contributed by atoms with Crippen molar-refractivity contribution in [1.82, 2.24) is 19.8 Å². The SMILES string of the molecule is CCCCN1C(=S)NC(c2ccccn2)C1c1cccn1C1CCCC1. The molecular weight excluding hydrogens is 340 g/mol. The highest BCUT2D eigenvalue weighted by Crippen LogP contribution is 2.41. The minimum atomic E-state index is 0.107. The van der Waals surface area contributed by atoms with Crippen LogP contribution in [0.4, 0.5) is 0 Å². The Balaban J connectivity index is 1.72. The normalized spacial score (nSPS) is 23.6. The van der Waals surface area contributed by atoms with Crippen LogP contribution in [0.3, 0.4) is 0 Å². The number of nitrogens with zero attached hydrogens (tertiary/aromatic N) is 3. The minimum absolute atomic E-state index is 0.107.